The third-order valence-corrected chi connectivity index (χ3v) is 6.50. The lowest BCUT2D eigenvalue weighted by atomic mass is 10.3. The van der Waals surface area contributed by atoms with Crippen molar-refractivity contribution in [3.8, 4) is 5.75 Å². The van der Waals surface area contributed by atoms with Crippen molar-refractivity contribution in [3.05, 3.63) is 69.4 Å². The zero-order chi connectivity index (χ0) is 21.9. The van der Waals surface area contributed by atoms with Crippen LogP contribution in [-0.2, 0) is 14.8 Å². The number of nitrogens with one attached hydrogen (secondary N) is 2. The monoisotopic (exact) mass is 466 g/mol. The molecule has 0 aliphatic rings. The van der Waals surface area contributed by atoms with E-state index in [0.717, 1.165) is 23.5 Å². The molecule has 3 rings (SSSR count). The highest BCUT2D eigenvalue weighted by molar-refractivity contribution is 7.92. The first kappa shape index (κ1) is 21.6. The lowest BCUT2D eigenvalue weighted by molar-refractivity contribution is 0.0606. The zero-order valence-corrected chi connectivity index (χ0v) is 17.8. The molecule has 0 aliphatic heterocycles. The zero-order valence-electron chi connectivity index (χ0n) is 15.4. The number of benzene rings is 2. The van der Waals surface area contributed by atoms with Crippen molar-refractivity contribution in [3.63, 3.8) is 0 Å². The van der Waals surface area contributed by atoms with Crippen molar-refractivity contribution in [1.82, 2.24) is 0 Å². The Balaban J connectivity index is 1.83. The van der Waals surface area contributed by atoms with Gasteiger partial charge in [0, 0.05) is 5.02 Å². The van der Waals surface area contributed by atoms with Crippen LogP contribution in [-0.4, -0.2) is 32.5 Å². The van der Waals surface area contributed by atoms with Gasteiger partial charge < -0.3 is 15.2 Å². The van der Waals surface area contributed by atoms with Crippen LogP contribution in [0.15, 0.2) is 59.5 Å². The Morgan fingerprint density at radius 3 is 2.50 bits per heavy atom. The molecule has 1 aromatic heterocycles. The van der Waals surface area contributed by atoms with E-state index in [1.54, 1.807) is 12.1 Å². The van der Waals surface area contributed by atoms with E-state index in [1.807, 2.05) is 0 Å². The van der Waals surface area contributed by atoms with E-state index in [1.165, 1.54) is 37.4 Å². The second-order valence-electron chi connectivity index (χ2n) is 5.90. The molecule has 0 atom stereocenters. The summed E-state index contributed by atoms with van der Waals surface area (Å²) < 4.78 is 32.3. The van der Waals surface area contributed by atoms with Crippen LogP contribution < -0.4 is 10.0 Å². The molecule has 0 bridgehead atoms. The Morgan fingerprint density at radius 1 is 1.07 bits per heavy atom. The van der Waals surface area contributed by atoms with Gasteiger partial charge in [-0.2, -0.15) is 0 Å². The molecule has 0 unspecified atom stereocenters. The smallest absolute Gasteiger partial charge is 0.348 e. The molecule has 8 nitrogen and oxygen atoms in total. The standard InChI is InChI=1S/C19H15ClN2O6S2/c1-28-19(25)17-8-7-16(29-17)18(24)21-14-10-13(5-6-15(14)23)30(26,27)22-12-4-2-3-11(20)9-12/h2-10,22-23H,1H3,(H,21,24). The average molecular weight is 467 g/mol. The lowest BCUT2D eigenvalue weighted by Crippen LogP contribution is -2.14. The average Bonchev–Trinajstić information content (AvgIpc) is 3.19. The van der Waals surface area contributed by atoms with Crippen LogP contribution in [0.2, 0.25) is 5.02 Å². The predicted molar refractivity (Wildman–Crippen MR) is 114 cm³/mol. The molecule has 1 heterocycles. The molecule has 0 aliphatic carbocycles. The van der Waals surface area contributed by atoms with Gasteiger partial charge in [-0.25, -0.2) is 13.2 Å². The highest BCUT2D eigenvalue weighted by Crippen LogP contribution is 2.29. The van der Waals surface area contributed by atoms with E-state index in [4.69, 9.17) is 11.6 Å². The number of rotatable bonds is 6. The van der Waals surface area contributed by atoms with Gasteiger partial charge >= 0.3 is 5.97 Å². The van der Waals surface area contributed by atoms with Crippen molar-refractivity contribution < 1.29 is 27.9 Å². The van der Waals surface area contributed by atoms with Crippen molar-refractivity contribution in [2.75, 3.05) is 17.1 Å². The van der Waals surface area contributed by atoms with E-state index >= 15 is 0 Å². The third-order valence-electron chi connectivity index (χ3n) is 3.82. The number of carbonyl (C=O) groups is 2. The molecule has 2 aromatic carbocycles. The fourth-order valence-electron chi connectivity index (χ4n) is 2.40. The maximum absolute atomic E-state index is 12.6. The summed E-state index contributed by atoms with van der Waals surface area (Å²) in [6.07, 6.45) is 0. The molecule has 0 radical (unpaired) electrons. The van der Waals surface area contributed by atoms with Gasteiger partial charge in [-0.3, -0.25) is 9.52 Å². The number of hydrogen-bond donors (Lipinski definition) is 3. The molecule has 3 N–H and O–H groups in total. The van der Waals surface area contributed by atoms with Gasteiger partial charge in [0.05, 0.1) is 28.3 Å². The Bertz CT molecular complexity index is 1220. The number of halogens is 1. The molecule has 0 spiro atoms. The molecule has 0 fully saturated rings. The topological polar surface area (TPSA) is 122 Å². The molecule has 156 valence electrons. The highest BCUT2D eigenvalue weighted by atomic mass is 35.5. The second-order valence-corrected chi connectivity index (χ2v) is 9.11. The summed E-state index contributed by atoms with van der Waals surface area (Å²) in [6.45, 7) is 0. The summed E-state index contributed by atoms with van der Waals surface area (Å²) in [4.78, 5) is 24.2. The summed E-state index contributed by atoms with van der Waals surface area (Å²) in [5.74, 6) is -1.53. The molecule has 0 saturated heterocycles. The van der Waals surface area contributed by atoms with Crippen LogP contribution >= 0.6 is 22.9 Å². The van der Waals surface area contributed by atoms with E-state index < -0.39 is 21.9 Å². The fourth-order valence-corrected chi connectivity index (χ4v) is 4.49. The number of carbonyl (C=O) groups excluding carboxylic acids is 2. The number of phenols is 1. The summed E-state index contributed by atoms with van der Waals surface area (Å²) in [7, 11) is -2.78. The first-order valence-corrected chi connectivity index (χ1v) is 11.0. The van der Waals surface area contributed by atoms with E-state index in [0.29, 0.717) is 5.02 Å². The Kier molecular flexibility index (Phi) is 6.30. The number of ether oxygens (including phenoxy) is 1. The van der Waals surface area contributed by atoms with Gasteiger partial charge in [-0.15, -0.1) is 11.3 Å². The highest BCUT2D eigenvalue weighted by Gasteiger charge is 2.19. The number of hydrogen-bond acceptors (Lipinski definition) is 7. The largest absolute Gasteiger partial charge is 0.506 e. The number of esters is 1. The van der Waals surface area contributed by atoms with Crippen molar-refractivity contribution in [1.29, 1.82) is 0 Å². The number of aromatic hydroxyl groups is 1. The minimum atomic E-state index is -4.01. The molecule has 11 heteroatoms. The van der Waals surface area contributed by atoms with E-state index in [2.05, 4.69) is 14.8 Å². The van der Waals surface area contributed by atoms with Crippen LogP contribution in [0.25, 0.3) is 0 Å². The van der Waals surface area contributed by atoms with Gasteiger partial charge in [0.2, 0.25) is 0 Å². The molecular weight excluding hydrogens is 452 g/mol. The van der Waals surface area contributed by atoms with Crippen LogP contribution in [0.4, 0.5) is 11.4 Å². The number of phenolic OH excluding ortho intramolecular Hbond substituents is 1. The summed E-state index contributed by atoms with van der Waals surface area (Å²) in [5, 5.41) is 12.8. The minimum Gasteiger partial charge on any atom is -0.506 e. The normalized spacial score (nSPS) is 11.0. The van der Waals surface area contributed by atoms with Gasteiger partial charge in [0.1, 0.15) is 10.6 Å². The maximum Gasteiger partial charge on any atom is 0.348 e. The molecular formula is C19H15ClN2O6S2. The molecule has 30 heavy (non-hydrogen) atoms. The number of anilines is 2. The van der Waals surface area contributed by atoms with Gasteiger partial charge in [-0.05, 0) is 48.5 Å². The Morgan fingerprint density at radius 2 is 1.80 bits per heavy atom. The Labute approximate surface area is 181 Å². The van der Waals surface area contributed by atoms with Crippen molar-refractivity contribution >= 4 is 56.2 Å². The van der Waals surface area contributed by atoms with Gasteiger partial charge in [-0.1, -0.05) is 17.7 Å². The van der Waals surface area contributed by atoms with Crippen LogP contribution in [0.1, 0.15) is 19.3 Å². The summed E-state index contributed by atoms with van der Waals surface area (Å²) in [5.41, 5.74) is 0.150. The Hall–Kier alpha value is -3.08. The third kappa shape index (κ3) is 4.90. The lowest BCUT2D eigenvalue weighted by Gasteiger charge is -2.11. The number of amides is 1. The SMILES string of the molecule is COC(=O)c1ccc(C(=O)Nc2cc(S(=O)(=O)Nc3cccc(Cl)c3)ccc2O)s1. The summed E-state index contributed by atoms with van der Waals surface area (Å²) in [6, 6.07) is 12.5. The van der Waals surface area contributed by atoms with Crippen LogP contribution in [0.3, 0.4) is 0 Å². The fraction of sp³-hybridized carbons (Fsp3) is 0.0526. The van der Waals surface area contributed by atoms with Crippen LogP contribution in [0.5, 0.6) is 5.75 Å². The van der Waals surface area contributed by atoms with Gasteiger partial charge in [0.25, 0.3) is 15.9 Å². The van der Waals surface area contributed by atoms with E-state index in [-0.39, 0.29) is 31.8 Å². The molecule has 3 aromatic rings. The minimum absolute atomic E-state index is 0.109. The summed E-state index contributed by atoms with van der Waals surface area (Å²) >= 11 is 6.77. The maximum atomic E-state index is 12.6. The quantitative estimate of drug-likeness (QED) is 0.373. The number of methoxy groups -OCH3 is 1. The second kappa shape index (κ2) is 8.74. The van der Waals surface area contributed by atoms with Gasteiger partial charge in [0.15, 0.2) is 0 Å². The molecule has 1 amide bonds. The van der Waals surface area contributed by atoms with Crippen LogP contribution in [0, 0.1) is 0 Å². The van der Waals surface area contributed by atoms with Crippen molar-refractivity contribution in [2.45, 2.75) is 4.90 Å². The number of thiophene rings is 1. The molecule has 0 saturated carbocycles. The first-order chi connectivity index (χ1) is 14.2. The van der Waals surface area contributed by atoms with E-state index in [9.17, 15) is 23.1 Å². The first-order valence-electron chi connectivity index (χ1n) is 8.30. The number of sulfonamides is 1. The van der Waals surface area contributed by atoms with Crippen molar-refractivity contribution in [2.24, 2.45) is 0 Å². The predicted octanol–water partition coefficient (Wildman–Crippen LogP) is 3.95.